The standard InChI is InChI=1S/C54H38N2O2P2.C30H18Br2N2.C4H9.CH2Cl2.Li.H2O2/c57-59(41-20-5-1-6-21-41,42-22-7-2-8-23-42)45-32-34-53-49(37-45)50-38-46(60(58,43-24-9-3-10-25-43)44-26-11-4-12-27-44)33-35-54(50)56(53)40-19-17-18-39(36-40)55-51-30-15-13-28-47(51)48-29-14-16-31-52(48)55;31-19-12-14-29-25(16-19)26-17-20(32)13-15-30(26)34(29)22-7-5-6-21(18-22)33-27-10-3-1-8-23(27)24-9-2-4-11-28(24)33;1-3-4-2;2-1-3;;1-2/h1-38H;1-18H;1,3-4H2,2H3;1H2;;1-2H/q;;-1;;+1;. The van der Waals surface area contributed by atoms with Crippen molar-refractivity contribution < 1.29 is 38.5 Å². The molecule has 0 radical (unpaired) electrons. The molecule has 8 nitrogen and oxygen atoms in total. The summed E-state index contributed by atoms with van der Waals surface area (Å²) in [5, 5.41) is 26.1. The fraction of sp³-hybridized carbons (Fsp3) is 0.0449. The predicted molar refractivity (Wildman–Crippen MR) is 447 cm³/mol. The summed E-state index contributed by atoms with van der Waals surface area (Å²) in [6.07, 6.45) is 2.28. The number of para-hydroxylation sites is 4. The minimum atomic E-state index is -3.32. The van der Waals surface area contributed by atoms with E-state index in [2.05, 4.69) is 270 Å². The molecular formula is C89H69Br2Cl2LiN4O4P2. The van der Waals surface area contributed by atoms with E-state index in [1.807, 2.05) is 133 Å². The molecule has 18 aromatic rings. The smallest absolute Gasteiger partial charge is 0.343 e. The molecule has 0 fully saturated rings. The number of alkyl halides is 2. The van der Waals surface area contributed by atoms with Crippen LogP contribution in [0.2, 0.25) is 0 Å². The van der Waals surface area contributed by atoms with Gasteiger partial charge in [0.25, 0.3) is 0 Å². The Morgan fingerprint density at radius 1 is 0.298 bits per heavy atom. The molecule has 0 amide bonds. The van der Waals surface area contributed by atoms with Crippen LogP contribution >= 0.6 is 69.3 Å². The van der Waals surface area contributed by atoms with Gasteiger partial charge in [-0.25, -0.2) is 0 Å². The van der Waals surface area contributed by atoms with E-state index in [1.165, 1.54) is 60.8 Å². The van der Waals surface area contributed by atoms with Crippen molar-refractivity contribution in [3.63, 3.8) is 0 Å². The van der Waals surface area contributed by atoms with Crippen LogP contribution in [0.5, 0.6) is 0 Å². The number of benzene rings is 14. The molecule has 0 atom stereocenters. The van der Waals surface area contributed by atoms with Gasteiger partial charge in [-0.2, -0.15) is 6.42 Å². The molecular weight excluding hydrogens is 1490 g/mol. The molecule has 18 rings (SSSR count). The molecule has 2 N–H and O–H groups in total. The van der Waals surface area contributed by atoms with Crippen LogP contribution in [-0.2, 0) is 9.13 Å². The van der Waals surface area contributed by atoms with Crippen LogP contribution < -0.4 is 50.7 Å². The van der Waals surface area contributed by atoms with Gasteiger partial charge in [-0.3, -0.25) is 10.5 Å². The summed E-state index contributed by atoms with van der Waals surface area (Å²) < 4.78 is 43.1. The van der Waals surface area contributed by atoms with Crippen LogP contribution in [-0.4, -0.2) is 34.1 Å². The molecule has 4 aromatic heterocycles. The zero-order chi connectivity index (χ0) is 71.2. The van der Waals surface area contributed by atoms with Crippen molar-refractivity contribution in [2.24, 2.45) is 0 Å². The molecule has 0 saturated heterocycles. The molecule has 0 bridgehead atoms. The zero-order valence-electron chi connectivity index (χ0n) is 57.1. The van der Waals surface area contributed by atoms with Gasteiger partial charge in [0.15, 0.2) is 14.3 Å². The topological polar surface area (TPSA) is 94.3 Å². The summed E-state index contributed by atoms with van der Waals surface area (Å²) in [5.74, 6) is 0. The third-order valence-corrected chi connectivity index (χ3v) is 25.9. The Labute approximate surface area is 643 Å². The Hall–Kier alpha value is -9.20. The van der Waals surface area contributed by atoms with Crippen molar-refractivity contribution in [3.05, 3.63) is 356 Å². The third kappa shape index (κ3) is 13.6. The normalized spacial score (nSPS) is 11.4. The van der Waals surface area contributed by atoms with Crippen molar-refractivity contribution in [1.82, 2.24) is 18.3 Å². The number of aromatic nitrogens is 4. The van der Waals surface area contributed by atoms with Crippen molar-refractivity contribution in [2.45, 2.75) is 19.8 Å². The van der Waals surface area contributed by atoms with Gasteiger partial charge < -0.3 is 34.3 Å². The molecule has 0 aliphatic rings. The fourth-order valence-electron chi connectivity index (χ4n) is 14.3. The number of halogens is 4. The fourth-order valence-corrected chi connectivity index (χ4v) is 20.4. The van der Waals surface area contributed by atoms with Crippen LogP contribution in [0.4, 0.5) is 0 Å². The Bertz CT molecular complexity index is 5780. The SMILES string of the molecule is Brc1ccc2c(c1)c1cc(Br)ccc1n2-c1cccc(-n2c3ccccc3c3ccccc32)c1.ClCCl.O=P(c1ccccc1)(c1ccccc1)c1ccc2c(c1)c1cc(P(=O)(c3ccccc3)c3ccccc3)ccc1n2-c1cccc(-n2c3ccccc3c3ccccc32)c1.OO.[CH2-]CCC.[Li+]. The van der Waals surface area contributed by atoms with Crippen LogP contribution in [0.1, 0.15) is 19.8 Å². The molecule has 15 heteroatoms. The number of rotatable bonds is 11. The minimum Gasteiger partial charge on any atom is -0.343 e. The average molecular weight is 1560 g/mol. The maximum Gasteiger partial charge on any atom is 1.00 e. The third-order valence-electron chi connectivity index (χ3n) is 18.8. The first-order valence-electron chi connectivity index (χ1n) is 33.8. The second-order valence-electron chi connectivity index (χ2n) is 24.7. The Kier molecular flexibility index (Phi) is 22.8. The van der Waals surface area contributed by atoms with Crippen LogP contribution in [0.3, 0.4) is 0 Å². The molecule has 0 aliphatic carbocycles. The number of hydrogen-bond donors (Lipinski definition) is 2. The summed E-state index contributed by atoms with van der Waals surface area (Å²) in [6, 6.07) is 117. The van der Waals surface area contributed by atoms with E-state index < -0.39 is 14.3 Å². The number of unbranched alkanes of at least 4 members (excludes halogenated alkanes) is 1. The Balaban J connectivity index is 0.000000184. The van der Waals surface area contributed by atoms with Gasteiger partial charge in [0.05, 0.1) is 49.5 Å². The summed E-state index contributed by atoms with van der Waals surface area (Å²) in [4.78, 5) is 0. The summed E-state index contributed by atoms with van der Waals surface area (Å²) >= 11 is 16.9. The van der Waals surface area contributed by atoms with Crippen molar-refractivity contribution >= 4 is 188 Å². The van der Waals surface area contributed by atoms with Gasteiger partial charge in [0.1, 0.15) is 0 Å². The van der Waals surface area contributed by atoms with E-state index in [0.717, 1.165) is 103 Å². The molecule has 0 saturated carbocycles. The molecule has 14 aromatic carbocycles. The van der Waals surface area contributed by atoms with E-state index in [9.17, 15) is 0 Å². The summed E-state index contributed by atoms with van der Waals surface area (Å²) in [6.45, 7) is 5.72. The minimum absolute atomic E-state index is 0. The van der Waals surface area contributed by atoms with Gasteiger partial charge in [-0.15, -0.1) is 23.2 Å². The van der Waals surface area contributed by atoms with Gasteiger partial charge in [0.2, 0.25) is 0 Å². The molecule has 4 heterocycles. The van der Waals surface area contributed by atoms with E-state index in [-0.39, 0.29) is 24.2 Å². The first-order chi connectivity index (χ1) is 50.5. The molecule has 0 aliphatic heterocycles. The van der Waals surface area contributed by atoms with Crippen LogP contribution in [0.25, 0.3) is 110 Å². The largest absolute Gasteiger partial charge is 1.00 e. The first-order valence-corrected chi connectivity index (χ1v) is 39.8. The van der Waals surface area contributed by atoms with Crippen molar-refractivity contribution in [3.8, 4) is 22.7 Å². The van der Waals surface area contributed by atoms with Gasteiger partial charge in [-0.05, 0) is 133 Å². The summed E-state index contributed by atoms with van der Waals surface area (Å²) in [7, 11) is -6.63. The number of fused-ring (bicyclic) bond motifs is 12. The van der Waals surface area contributed by atoms with Crippen molar-refractivity contribution in [2.75, 3.05) is 5.34 Å². The molecule has 0 spiro atoms. The second kappa shape index (κ2) is 32.4. The van der Waals surface area contributed by atoms with Gasteiger partial charge >= 0.3 is 18.9 Å². The summed E-state index contributed by atoms with van der Waals surface area (Å²) in [5.41, 5.74) is 13.4. The van der Waals surface area contributed by atoms with Crippen molar-refractivity contribution in [1.29, 1.82) is 0 Å². The molecule has 508 valence electrons. The van der Waals surface area contributed by atoms with Gasteiger partial charge in [-0.1, -0.05) is 251 Å². The predicted octanol–water partition coefficient (Wildman–Crippen LogP) is 20.6. The Morgan fingerprint density at radius 3 is 0.779 bits per heavy atom. The number of hydrogen-bond acceptors (Lipinski definition) is 4. The zero-order valence-corrected chi connectivity index (χ0v) is 63.5. The van der Waals surface area contributed by atoms with E-state index in [1.54, 1.807) is 0 Å². The maximum atomic E-state index is 15.8. The van der Waals surface area contributed by atoms with Gasteiger partial charge in [0, 0.05) is 107 Å². The van der Waals surface area contributed by atoms with E-state index in [0.29, 0.717) is 0 Å². The second-order valence-corrected chi connectivity index (χ2v) is 32.9. The Morgan fingerprint density at radius 2 is 0.519 bits per heavy atom. The maximum absolute atomic E-state index is 15.8. The quantitative estimate of drug-likeness (QED) is 0.0337. The molecule has 104 heavy (non-hydrogen) atoms. The van der Waals surface area contributed by atoms with Crippen LogP contribution in [0, 0.1) is 6.92 Å². The monoisotopic (exact) mass is 1550 g/mol. The first kappa shape index (κ1) is 73.1. The molecule has 0 unspecified atom stereocenters. The van der Waals surface area contributed by atoms with E-state index in [4.69, 9.17) is 33.7 Å². The average Bonchev–Trinajstić information content (AvgIpc) is 1.57. The van der Waals surface area contributed by atoms with Crippen LogP contribution in [0.15, 0.2) is 349 Å². The number of nitrogens with zero attached hydrogens (tertiary/aromatic N) is 4. The van der Waals surface area contributed by atoms with E-state index >= 15 is 9.13 Å².